The molecule has 0 radical (unpaired) electrons. The first-order chi connectivity index (χ1) is 7.59. The monoisotopic (exact) mass is 221 g/mol. The van der Waals surface area contributed by atoms with E-state index in [1.165, 1.54) is 6.42 Å². The Balaban J connectivity index is 2.01. The van der Waals surface area contributed by atoms with Crippen LogP contribution in [0.5, 0.6) is 0 Å². The molecule has 0 aliphatic heterocycles. The van der Waals surface area contributed by atoms with Crippen molar-refractivity contribution in [2.24, 2.45) is 12.8 Å². The predicted molar refractivity (Wildman–Crippen MR) is 62.2 cm³/mol. The zero-order chi connectivity index (χ0) is 11.6. The first kappa shape index (κ1) is 11.3. The van der Waals surface area contributed by atoms with Gasteiger partial charge >= 0.3 is 0 Å². The summed E-state index contributed by atoms with van der Waals surface area (Å²) in [6, 6.07) is 1.76. The van der Waals surface area contributed by atoms with Gasteiger partial charge in [-0.3, -0.25) is 9.48 Å². The molecule has 1 aromatic heterocycles. The van der Waals surface area contributed by atoms with Crippen molar-refractivity contribution in [3.63, 3.8) is 0 Å². The Hall–Kier alpha value is -1.16. The summed E-state index contributed by atoms with van der Waals surface area (Å²) < 4.78 is 1.65. The molecule has 88 valence electrons. The van der Waals surface area contributed by atoms with Gasteiger partial charge in [0.15, 0.2) is 5.78 Å². The molecule has 1 fully saturated rings. The van der Waals surface area contributed by atoms with Gasteiger partial charge in [0.05, 0.1) is 0 Å². The number of nitrogens with two attached hydrogens (primary N) is 1. The van der Waals surface area contributed by atoms with E-state index in [2.05, 4.69) is 5.10 Å². The van der Waals surface area contributed by atoms with Crippen molar-refractivity contribution in [2.45, 2.75) is 44.1 Å². The zero-order valence-electron chi connectivity index (χ0n) is 9.78. The fourth-order valence-corrected chi connectivity index (χ4v) is 2.41. The number of nitrogens with zero attached hydrogens (tertiary/aromatic N) is 2. The standard InChI is InChI=1S/C12H19N3O/c1-15-8-5-10(14-15)11(16)9-12(13)6-3-2-4-7-12/h5,8H,2-4,6-7,9,13H2,1H3. The fraction of sp³-hybridized carbons (Fsp3) is 0.667. The summed E-state index contributed by atoms with van der Waals surface area (Å²) in [6.45, 7) is 0. The van der Waals surface area contributed by atoms with E-state index in [0.717, 1.165) is 25.7 Å². The van der Waals surface area contributed by atoms with Gasteiger partial charge in [0.25, 0.3) is 0 Å². The minimum atomic E-state index is -0.285. The van der Waals surface area contributed by atoms with Crippen molar-refractivity contribution in [3.8, 4) is 0 Å². The molecule has 4 heteroatoms. The first-order valence-electron chi connectivity index (χ1n) is 5.91. The smallest absolute Gasteiger partial charge is 0.184 e. The normalized spacial score (nSPS) is 19.6. The number of rotatable bonds is 3. The second-order valence-corrected chi connectivity index (χ2v) is 4.90. The van der Waals surface area contributed by atoms with Crippen LogP contribution in [0.25, 0.3) is 0 Å². The molecular formula is C12H19N3O. The number of hydrogen-bond donors (Lipinski definition) is 1. The summed E-state index contributed by atoms with van der Waals surface area (Å²) in [6.07, 6.45) is 7.69. The molecule has 0 spiro atoms. The van der Waals surface area contributed by atoms with Crippen LogP contribution in [0.2, 0.25) is 0 Å². The quantitative estimate of drug-likeness (QED) is 0.789. The van der Waals surface area contributed by atoms with Crippen LogP contribution in [0.1, 0.15) is 49.0 Å². The van der Waals surface area contributed by atoms with Crippen molar-refractivity contribution in [2.75, 3.05) is 0 Å². The molecule has 2 rings (SSSR count). The number of carbonyl (C=O) groups is 1. The Morgan fingerprint density at radius 3 is 2.75 bits per heavy atom. The minimum absolute atomic E-state index is 0.0741. The lowest BCUT2D eigenvalue weighted by Crippen LogP contribution is -2.43. The molecule has 2 N–H and O–H groups in total. The summed E-state index contributed by atoms with van der Waals surface area (Å²) in [5, 5.41) is 4.12. The van der Waals surface area contributed by atoms with Crippen LogP contribution in [0.4, 0.5) is 0 Å². The molecule has 0 amide bonds. The maximum Gasteiger partial charge on any atom is 0.184 e. The van der Waals surface area contributed by atoms with E-state index in [1.807, 2.05) is 7.05 Å². The molecule has 0 aromatic carbocycles. The van der Waals surface area contributed by atoms with Gasteiger partial charge in [-0.2, -0.15) is 5.10 Å². The van der Waals surface area contributed by atoms with Gasteiger partial charge in [-0.1, -0.05) is 19.3 Å². The van der Waals surface area contributed by atoms with E-state index in [4.69, 9.17) is 5.73 Å². The SMILES string of the molecule is Cn1ccc(C(=O)CC2(N)CCCCC2)n1. The number of aromatic nitrogens is 2. The number of carbonyl (C=O) groups excluding carboxylic acids is 1. The maximum atomic E-state index is 12.0. The number of Topliss-reactive ketones (excluding diaryl/α,β-unsaturated/α-hetero) is 1. The van der Waals surface area contributed by atoms with E-state index in [-0.39, 0.29) is 11.3 Å². The molecule has 1 aliphatic carbocycles. The molecule has 0 atom stereocenters. The summed E-state index contributed by atoms with van der Waals surface area (Å²) in [5.41, 5.74) is 6.50. The molecule has 4 nitrogen and oxygen atoms in total. The average Bonchev–Trinajstić information content (AvgIpc) is 2.65. The van der Waals surface area contributed by atoms with Crippen LogP contribution in [-0.2, 0) is 7.05 Å². The molecule has 1 saturated carbocycles. The molecule has 0 saturated heterocycles. The summed E-state index contributed by atoms with van der Waals surface area (Å²) in [5.74, 6) is 0.0741. The molecular weight excluding hydrogens is 202 g/mol. The summed E-state index contributed by atoms with van der Waals surface area (Å²) in [4.78, 5) is 12.0. The van der Waals surface area contributed by atoms with Gasteiger partial charge in [-0.15, -0.1) is 0 Å². The Bertz CT molecular complexity index is 377. The van der Waals surface area contributed by atoms with Crippen LogP contribution in [0, 0.1) is 0 Å². The fourth-order valence-electron chi connectivity index (χ4n) is 2.41. The van der Waals surface area contributed by atoms with Crippen molar-refractivity contribution in [1.29, 1.82) is 0 Å². The third-order valence-corrected chi connectivity index (χ3v) is 3.36. The van der Waals surface area contributed by atoms with Crippen molar-refractivity contribution in [1.82, 2.24) is 9.78 Å². The minimum Gasteiger partial charge on any atom is -0.325 e. The third kappa shape index (κ3) is 2.50. The molecule has 0 unspecified atom stereocenters. The maximum absolute atomic E-state index is 12.0. The molecule has 0 bridgehead atoms. The Morgan fingerprint density at radius 1 is 1.50 bits per heavy atom. The van der Waals surface area contributed by atoms with Crippen LogP contribution in [0.3, 0.4) is 0 Å². The predicted octanol–water partition coefficient (Wildman–Crippen LogP) is 1.65. The van der Waals surface area contributed by atoms with Crippen LogP contribution in [-0.4, -0.2) is 21.1 Å². The van der Waals surface area contributed by atoms with Crippen molar-refractivity contribution >= 4 is 5.78 Å². The lowest BCUT2D eigenvalue weighted by atomic mass is 9.79. The van der Waals surface area contributed by atoms with Crippen molar-refractivity contribution < 1.29 is 4.79 Å². The summed E-state index contributed by atoms with van der Waals surface area (Å²) in [7, 11) is 1.82. The largest absolute Gasteiger partial charge is 0.325 e. The Kier molecular flexibility index (Phi) is 3.10. The Morgan fingerprint density at radius 2 is 2.19 bits per heavy atom. The second-order valence-electron chi connectivity index (χ2n) is 4.90. The van der Waals surface area contributed by atoms with E-state index in [9.17, 15) is 4.79 Å². The molecule has 16 heavy (non-hydrogen) atoms. The topological polar surface area (TPSA) is 60.9 Å². The van der Waals surface area contributed by atoms with Gasteiger partial charge in [-0.05, 0) is 18.9 Å². The van der Waals surface area contributed by atoms with E-state index in [0.29, 0.717) is 12.1 Å². The molecule has 1 heterocycles. The van der Waals surface area contributed by atoms with E-state index < -0.39 is 0 Å². The number of ketones is 1. The third-order valence-electron chi connectivity index (χ3n) is 3.36. The lowest BCUT2D eigenvalue weighted by Gasteiger charge is -2.32. The number of hydrogen-bond acceptors (Lipinski definition) is 3. The van der Waals surface area contributed by atoms with Gasteiger partial charge in [0.1, 0.15) is 5.69 Å². The van der Waals surface area contributed by atoms with Crippen LogP contribution < -0.4 is 5.73 Å². The van der Waals surface area contributed by atoms with Gasteiger partial charge in [-0.25, -0.2) is 0 Å². The Labute approximate surface area is 95.8 Å². The molecule has 1 aliphatic rings. The second kappa shape index (κ2) is 4.37. The van der Waals surface area contributed by atoms with E-state index >= 15 is 0 Å². The van der Waals surface area contributed by atoms with Gasteiger partial charge in [0.2, 0.25) is 0 Å². The van der Waals surface area contributed by atoms with Crippen LogP contribution >= 0.6 is 0 Å². The highest BCUT2D eigenvalue weighted by Gasteiger charge is 2.30. The zero-order valence-corrected chi connectivity index (χ0v) is 9.78. The van der Waals surface area contributed by atoms with E-state index in [1.54, 1.807) is 16.9 Å². The summed E-state index contributed by atoms with van der Waals surface area (Å²) >= 11 is 0. The lowest BCUT2D eigenvalue weighted by molar-refractivity contribution is 0.0929. The van der Waals surface area contributed by atoms with Crippen LogP contribution in [0.15, 0.2) is 12.3 Å². The highest BCUT2D eigenvalue weighted by molar-refractivity contribution is 5.94. The first-order valence-corrected chi connectivity index (χ1v) is 5.91. The number of aryl methyl sites for hydroxylation is 1. The highest BCUT2D eigenvalue weighted by atomic mass is 16.1. The van der Waals surface area contributed by atoms with Crippen molar-refractivity contribution in [3.05, 3.63) is 18.0 Å². The van der Waals surface area contributed by atoms with Gasteiger partial charge < -0.3 is 5.73 Å². The highest BCUT2D eigenvalue weighted by Crippen LogP contribution is 2.29. The average molecular weight is 221 g/mol. The molecule has 1 aromatic rings. The van der Waals surface area contributed by atoms with Gasteiger partial charge in [0, 0.05) is 25.2 Å².